The van der Waals surface area contributed by atoms with E-state index in [1.807, 2.05) is 0 Å². The van der Waals surface area contributed by atoms with E-state index in [9.17, 15) is 0 Å². The van der Waals surface area contributed by atoms with Crippen molar-refractivity contribution in [2.75, 3.05) is 6.54 Å². The van der Waals surface area contributed by atoms with Gasteiger partial charge in [0.25, 0.3) is 0 Å². The van der Waals surface area contributed by atoms with E-state index in [4.69, 9.17) is 0 Å². The number of rotatable bonds is 5. The van der Waals surface area contributed by atoms with E-state index in [1.165, 1.54) is 16.7 Å². The van der Waals surface area contributed by atoms with Crippen molar-refractivity contribution in [3.05, 3.63) is 58.2 Å². The number of aromatic nitrogens is 2. The molecule has 2 aromatic rings. The van der Waals surface area contributed by atoms with Crippen molar-refractivity contribution in [1.82, 2.24) is 15.3 Å². The predicted molar refractivity (Wildman–Crippen MR) is 82.9 cm³/mol. The minimum absolute atomic E-state index is 0.796. The normalized spacial score (nSPS) is 10.8. The Bertz CT molecular complexity index is 568. The molecule has 0 amide bonds. The van der Waals surface area contributed by atoms with Gasteiger partial charge in [0.15, 0.2) is 0 Å². The summed E-state index contributed by atoms with van der Waals surface area (Å²) < 4.78 is 0. The summed E-state index contributed by atoms with van der Waals surface area (Å²) in [6, 6.07) is 8.53. The highest BCUT2D eigenvalue weighted by molar-refractivity contribution is 5.28. The zero-order valence-corrected chi connectivity index (χ0v) is 12.8. The first-order valence-electron chi connectivity index (χ1n) is 7.19. The highest BCUT2D eigenvalue weighted by Gasteiger charge is 2.08. The lowest BCUT2D eigenvalue weighted by atomic mass is 10.1. The maximum absolute atomic E-state index is 4.66. The Morgan fingerprint density at radius 3 is 2.35 bits per heavy atom. The fraction of sp³-hybridized carbons (Fsp3) is 0.412. The van der Waals surface area contributed by atoms with Crippen LogP contribution in [0.1, 0.15) is 40.8 Å². The first-order valence-corrected chi connectivity index (χ1v) is 7.19. The highest BCUT2D eigenvalue weighted by Crippen LogP contribution is 2.13. The Balaban J connectivity index is 2.21. The van der Waals surface area contributed by atoms with E-state index in [0.29, 0.717) is 0 Å². The average Bonchev–Trinajstić information content (AvgIpc) is 2.38. The van der Waals surface area contributed by atoms with Crippen molar-refractivity contribution in [3.8, 4) is 0 Å². The molecule has 1 aromatic heterocycles. The fourth-order valence-corrected chi connectivity index (χ4v) is 2.40. The van der Waals surface area contributed by atoms with Gasteiger partial charge >= 0.3 is 0 Å². The van der Waals surface area contributed by atoms with E-state index < -0.39 is 0 Å². The van der Waals surface area contributed by atoms with E-state index in [0.717, 1.165) is 36.7 Å². The lowest BCUT2D eigenvalue weighted by molar-refractivity contribution is 0.706. The van der Waals surface area contributed by atoms with Gasteiger partial charge in [0.1, 0.15) is 5.82 Å². The molecule has 0 saturated carbocycles. The first-order chi connectivity index (χ1) is 9.60. The molecular weight excluding hydrogens is 246 g/mol. The molecule has 1 N–H and O–H groups in total. The van der Waals surface area contributed by atoms with Crippen molar-refractivity contribution < 1.29 is 0 Å². The quantitative estimate of drug-likeness (QED) is 0.906. The van der Waals surface area contributed by atoms with E-state index in [-0.39, 0.29) is 0 Å². The zero-order valence-electron chi connectivity index (χ0n) is 12.8. The zero-order chi connectivity index (χ0) is 14.5. The second-order valence-electron chi connectivity index (χ2n) is 5.24. The van der Waals surface area contributed by atoms with Gasteiger partial charge in [-0.25, -0.2) is 9.97 Å². The number of nitrogens with zero attached hydrogens (tertiary/aromatic N) is 2. The summed E-state index contributed by atoms with van der Waals surface area (Å²) >= 11 is 0. The summed E-state index contributed by atoms with van der Waals surface area (Å²) in [6.45, 7) is 10.2. The summed E-state index contributed by atoms with van der Waals surface area (Å²) in [4.78, 5) is 9.32. The molecule has 3 nitrogen and oxygen atoms in total. The van der Waals surface area contributed by atoms with Gasteiger partial charge in [0, 0.05) is 29.9 Å². The number of aryl methyl sites for hydroxylation is 3. The lowest BCUT2D eigenvalue weighted by Gasteiger charge is -2.11. The molecule has 106 valence electrons. The van der Waals surface area contributed by atoms with Crippen molar-refractivity contribution >= 4 is 0 Å². The van der Waals surface area contributed by atoms with Crippen molar-refractivity contribution in [2.24, 2.45) is 0 Å². The van der Waals surface area contributed by atoms with Crippen LogP contribution in [-0.4, -0.2) is 16.5 Å². The minimum Gasteiger partial charge on any atom is -0.313 e. The summed E-state index contributed by atoms with van der Waals surface area (Å²) in [7, 11) is 0. The van der Waals surface area contributed by atoms with Crippen LogP contribution in [0.2, 0.25) is 0 Å². The molecular formula is C17H23N3. The monoisotopic (exact) mass is 269 g/mol. The van der Waals surface area contributed by atoms with Crippen LogP contribution < -0.4 is 5.32 Å². The molecule has 0 aliphatic carbocycles. The Morgan fingerprint density at radius 1 is 1.05 bits per heavy atom. The van der Waals surface area contributed by atoms with Gasteiger partial charge in [-0.05, 0) is 32.9 Å². The molecule has 0 unspecified atom stereocenters. The van der Waals surface area contributed by atoms with Crippen molar-refractivity contribution in [3.63, 3.8) is 0 Å². The first kappa shape index (κ1) is 14.7. The average molecular weight is 269 g/mol. The molecule has 0 radical (unpaired) electrons. The Labute approximate surface area is 121 Å². The third-order valence-electron chi connectivity index (χ3n) is 3.46. The Hall–Kier alpha value is -1.74. The number of nitrogens with one attached hydrogen (secondary N) is 1. The van der Waals surface area contributed by atoms with Gasteiger partial charge < -0.3 is 5.32 Å². The van der Waals surface area contributed by atoms with Crippen LogP contribution >= 0.6 is 0 Å². The molecule has 2 rings (SSSR count). The van der Waals surface area contributed by atoms with Crippen LogP contribution in [0, 0.1) is 20.8 Å². The molecule has 0 aliphatic heterocycles. The molecule has 0 saturated heterocycles. The van der Waals surface area contributed by atoms with Crippen LogP contribution in [-0.2, 0) is 13.0 Å². The molecule has 0 bridgehead atoms. The SMILES string of the molecule is CCNCc1c(C)nc(Cc2cccc(C)c2)nc1C. The number of hydrogen-bond donors (Lipinski definition) is 1. The van der Waals surface area contributed by atoms with Crippen LogP contribution in [0.5, 0.6) is 0 Å². The van der Waals surface area contributed by atoms with E-state index >= 15 is 0 Å². The van der Waals surface area contributed by atoms with Crippen molar-refractivity contribution in [2.45, 2.75) is 40.7 Å². The third-order valence-corrected chi connectivity index (χ3v) is 3.46. The summed E-state index contributed by atoms with van der Waals surface area (Å²) in [5, 5.41) is 3.34. The standard InChI is InChI=1S/C17H23N3/c1-5-18-11-16-13(3)19-17(20-14(16)4)10-15-8-6-7-12(2)9-15/h6-9,18H,5,10-11H2,1-4H3. The van der Waals surface area contributed by atoms with Gasteiger partial charge in [-0.15, -0.1) is 0 Å². The Morgan fingerprint density at radius 2 is 1.75 bits per heavy atom. The van der Waals surface area contributed by atoms with Gasteiger partial charge in [-0.2, -0.15) is 0 Å². The molecule has 1 heterocycles. The maximum Gasteiger partial charge on any atom is 0.133 e. The largest absolute Gasteiger partial charge is 0.313 e. The molecule has 0 spiro atoms. The predicted octanol–water partition coefficient (Wildman–Crippen LogP) is 3.10. The van der Waals surface area contributed by atoms with E-state index in [2.05, 4.69) is 67.2 Å². The van der Waals surface area contributed by atoms with Crippen molar-refractivity contribution in [1.29, 1.82) is 0 Å². The topological polar surface area (TPSA) is 37.8 Å². The number of benzene rings is 1. The summed E-state index contributed by atoms with van der Waals surface area (Å²) in [5.41, 5.74) is 5.94. The Kier molecular flexibility index (Phi) is 4.85. The minimum atomic E-state index is 0.796. The molecule has 3 heteroatoms. The molecule has 20 heavy (non-hydrogen) atoms. The summed E-state index contributed by atoms with van der Waals surface area (Å²) in [6.07, 6.45) is 0.796. The molecule has 0 atom stereocenters. The molecule has 0 aliphatic rings. The molecule has 1 aromatic carbocycles. The highest BCUT2D eigenvalue weighted by atomic mass is 14.9. The smallest absolute Gasteiger partial charge is 0.133 e. The fourth-order valence-electron chi connectivity index (χ4n) is 2.40. The van der Waals surface area contributed by atoms with Crippen LogP contribution in [0.15, 0.2) is 24.3 Å². The third kappa shape index (κ3) is 3.64. The molecule has 0 fully saturated rings. The number of hydrogen-bond acceptors (Lipinski definition) is 3. The second-order valence-corrected chi connectivity index (χ2v) is 5.24. The second kappa shape index (κ2) is 6.62. The summed E-state index contributed by atoms with van der Waals surface area (Å²) in [5.74, 6) is 0.908. The van der Waals surface area contributed by atoms with Crippen LogP contribution in [0.4, 0.5) is 0 Å². The van der Waals surface area contributed by atoms with Gasteiger partial charge in [-0.3, -0.25) is 0 Å². The lowest BCUT2D eigenvalue weighted by Crippen LogP contribution is -2.16. The van der Waals surface area contributed by atoms with Gasteiger partial charge in [0.2, 0.25) is 0 Å². The van der Waals surface area contributed by atoms with Gasteiger partial charge in [-0.1, -0.05) is 36.8 Å². The van der Waals surface area contributed by atoms with Crippen LogP contribution in [0.3, 0.4) is 0 Å². The maximum atomic E-state index is 4.66. The van der Waals surface area contributed by atoms with E-state index in [1.54, 1.807) is 0 Å². The van der Waals surface area contributed by atoms with Gasteiger partial charge in [0.05, 0.1) is 0 Å². The van der Waals surface area contributed by atoms with Crippen LogP contribution in [0.25, 0.3) is 0 Å².